The van der Waals surface area contributed by atoms with Crippen molar-refractivity contribution in [2.45, 2.75) is 13.1 Å². The molecule has 0 aliphatic carbocycles. The van der Waals surface area contributed by atoms with E-state index in [4.69, 9.17) is 0 Å². The molecule has 0 saturated carbocycles. The number of aliphatic imine (C=N–C) groups is 1. The quantitative estimate of drug-likeness (QED) is 0.382. The van der Waals surface area contributed by atoms with Crippen molar-refractivity contribution in [1.29, 1.82) is 0 Å². The van der Waals surface area contributed by atoms with Crippen LogP contribution in [0.15, 0.2) is 29.3 Å². The summed E-state index contributed by atoms with van der Waals surface area (Å²) < 4.78 is 37.1. The highest BCUT2D eigenvalue weighted by molar-refractivity contribution is 14.0. The third-order valence-corrected chi connectivity index (χ3v) is 4.40. The van der Waals surface area contributed by atoms with Crippen LogP contribution in [0.25, 0.3) is 0 Å². The number of hydrogen-bond donors (Lipinski definition) is 1. The Kier molecular flexibility index (Phi) is 9.31. The van der Waals surface area contributed by atoms with Crippen LogP contribution >= 0.6 is 24.0 Å². The Bertz CT molecular complexity index is 675. The van der Waals surface area contributed by atoms with Gasteiger partial charge >= 0.3 is 6.18 Å². The second kappa shape index (κ2) is 10.7. The molecule has 10 heteroatoms. The van der Waals surface area contributed by atoms with Gasteiger partial charge in [0.05, 0.1) is 6.54 Å². The molecule has 28 heavy (non-hydrogen) atoms. The third kappa shape index (κ3) is 7.36. The van der Waals surface area contributed by atoms with Gasteiger partial charge in [0.15, 0.2) is 5.96 Å². The van der Waals surface area contributed by atoms with Crippen LogP contribution in [0.2, 0.25) is 0 Å². The maximum absolute atomic E-state index is 12.4. The smallest absolute Gasteiger partial charge is 0.368 e. The second-order valence-corrected chi connectivity index (χ2v) is 6.58. The van der Waals surface area contributed by atoms with Gasteiger partial charge in [-0.15, -0.1) is 24.0 Å². The maximum atomic E-state index is 12.4. The Morgan fingerprint density at radius 1 is 1.25 bits per heavy atom. The number of halogens is 4. The van der Waals surface area contributed by atoms with Gasteiger partial charge in [0.1, 0.15) is 6.54 Å². The highest BCUT2D eigenvalue weighted by Gasteiger charge is 2.31. The predicted molar refractivity (Wildman–Crippen MR) is 115 cm³/mol. The minimum absolute atomic E-state index is 0. The van der Waals surface area contributed by atoms with Crippen molar-refractivity contribution in [1.82, 2.24) is 15.1 Å². The molecular weight excluding hydrogens is 486 g/mol. The number of carbonyl (C=O) groups excluding carboxylic acids is 1. The van der Waals surface area contributed by atoms with E-state index in [-0.39, 0.29) is 30.5 Å². The van der Waals surface area contributed by atoms with E-state index < -0.39 is 18.6 Å². The van der Waals surface area contributed by atoms with Crippen molar-refractivity contribution in [3.05, 3.63) is 29.8 Å². The summed E-state index contributed by atoms with van der Waals surface area (Å²) in [7, 11) is 2.74. The van der Waals surface area contributed by atoms with Crippen LogP contribution in [-0.4, -0.2) is 81.2 Å². The zero-order valence-electron chi connectivity index (χ0n) is 16.3. The molecule has 2 rings (SSSR count). The number of guanidine groups is 1. The minimum Gasteiger partial charge on any atom is -0.368 e. The molecule has 1 fully saturated rings. The third-order valence-electron chi connectivity index (χ3n) is 4.40. The van der Waals surface area contributed by atoms with Gasteiger partial charge in [0, 0.05) is 46.0 Å². The maximum Gasteiger partial charge on any atom is 0.406 e. The number of alkyl halides is 3. The number of carbonyl (C=O) groups is 1. The van der Waals surface area contributed by atoms with E-state index in [0.717, 1.165) is 20.1 Å². The lowest BCUT2D eigenvalue weighted by Crippen LogP contribution is -2.54. The number of rotatable bonds is 4. The molecule has 0 aromatic heterocycles. The Morgan fingerprint density at radius 3 is 2.43 bits per heavy atom. The van der Waals surface area contributed by atoms with Crippen LogP contribution in [0, 0.1) is 6.92 Å². The zero-order chi connectivity index (χ0) is 20.0. The Labute approximate surface area is 180 Å². The first-order valence-electron chi connectivity index (χ1n) is 8.77. The largest absolute Gasteiger partial charge is 0.406 e. The van der Waals surface area contributed by atoms with Crippen LogP contribution in [0.1, 0.15) is 5.56 Å². The summed E-state index contributed by atoms with van der Waals surface area (Å²) >= 11 is 0. The van der Waals surface area contributed by atoms with Gasteiger partial charge in [-0.3, -0.25) is 9.79 Å². The highest BCUT2D eigenvalue weighted by atomic mass is 127. The fourth-order valence-corrected chi connectivity index (χ4v) is 2.98. The topological polar surface area (TPSA) is 51.2 Å². The van der Waals surface area contributed by atoms with E-state index in [1.807, 2.05) is 11.0 Å². The summed E-state index contributed by atoms with van der Waals surface area (Å²) in [5.74, 6) is -0.112. The average Bonchev–Trinajstić information content (AvgIpc) is 2.61. The molecule has 1 saturated heterocycles. The molecule has 1 amide bonds. The highest BCUT2D eigenvalue weighted by Crippen LogP contribution is 2.18. The van der Waals surface area contributed by atoms with Gasteiger partial charge in [-0.25, -0.2) is 0 Å². The lowest BCUT2D eigenvalue weighted by molar-refractivity contribution is -0.157. The molecule has 1 aromatic carbocycles. The van der Waals surface area contributed by atoms with Crippen molar-refractivity contribution in [2.24, 2.45) is 4.99 Å². The fourth-order valence-electron chi connectivity index (χ4n) is 2.98. The minimum atomic E-state index is -4.40. The molecule has 0 bridgehead atoms. The summed E-state index contributed by atoms with van der Waals surface area (Å²) in [6.07, 6.45) is -4.40. The molecule has 0 spiro atoms. The van der Waals surface area contributed by atoms with Gasteiger partial charge in [0.2, 0.25) is 5.91 Å². The summed E-state index contributed by atoms with van der Waals surface area (Å²) in [4.78, 5) is 21.0. The number of piperazine rings is 1. The lowest BCUT2D eigenvalue weighted by Gasteiger charge is -2.37. The fraction of sp³-hybridized carbons (Fsp3) is 0.556. The molecule has 0 unspecified atom stereocenters. The van der Waals surface area contributed by atoms with Crippen molar-refractivity contribution in [2.75, 3.05) is 58.3 Å². The van der Waals surface area contributed by atoms with Crippen LogP contribution in [0.5, 0.6) is 0 Å². The predicted octanol–water partition coefficient (Wildman–Crippen LogP) is 2.33. The number of hydrogen-bond acceptors (Lipinski definition) is 3. The second-order valence-electron chi connectivity index (χ2n) is 6.58. The molecule has 6 nitrogen and oxygen atoms in total. The molecular formula is C18H27F3IN5O. The number of aryl methyl sites for hydroxylation is 1. The number of nitrogens with one attached hydrogen (secondary N) is 1. The molecule has 0 radical (unpaired) electrons. The van der Waals surface area contributed by atoms with E-state index in [1.165, 1.54) is 11.3 Å². The summed E-state index contributed by atoms with van der Waals surface area (Å²) in [6, 6.07) is 8.29. The zero-order valence-corrected chi connectivity index (χ0v) is 18.6. The Morgan fingerprint density at radius 2 is 1.89 bits per heavy atom. The first kappa shape index (κ1) is 24.3. The standard InChI is InChI=1S/C18H26F3N5O.HI/c1-14-5-4-6-15(11-14)25-7-9-26(10-8-25)17(22-2)23-12-16(27)24(3)13-18(19,20)21;/h4-6,11H,7-10,12-13H2,1-3H3,(H,22,23);1H. The molecule has 1 heterocycles. The van der Waals surface area contributed by atoms with Crippen molar-refractivity contribution in [3.63, 3.8) is 0 Å². The molecule has 1 N–H and O–H groups in total. The first-order chi connectivity index (χ1) is 12.7. The van der Waals surface area contributed by atoms with Gasteiger partial charge in [0.25, 0.3) is 0 Å². The monoisotopic (exact) mass is 513 g/mol. The van der Waals surface area contributed by atoms with Gasteiger partial charge < -0.3 is 20.0 Å². The van der Waals surface area contributed by atoms with Crippen molar-refractivity contribution >= 4 is 41.5 Å². The Hall–Kier alpha value is -1.72. The lowest BCUT2D eigenvalue weighted by atomic mass is 10.2. The number of anilines is 1. The van der Waals surface area contributed by atoms with E-state index >= 15 is 0 Å². The van der Waals surface area contributed by atoms with Crippen LogP contribution < -0.4 is 10.2 Å². The van der Waals surface area contributed by atoms with E-state index in [9.17, 15) is 18.0 Å². The van der Waals surface area contributed by atoms with Crippen LogP contribution in [0.3, 0.4) is 0 Å². The van der Waals surface area contributed by atoms with Crippen molar-refractivity contribution in [3.8, 4) is 0 Å². The number of benzene rings is 1. The molecule has 0 atom stereocenters. The van der Waals surface area contributed by atoms with E-state index in [2.05, 4.69) is 40.3 Å². The van der Waals surface area contributed by atoms with E-state index in [0.29, 0.717) is 23.9 Å². The molecule has 158 valence electrons. The van der Waals surface area contributed by atoms with Gasteiger partial charge in [-0.1, -0.05) is 12.1 Å². The van der Waals surface area contributed by atoms with Gasteiger partial charge in [-0.05, 0) is 24.6 Å². The SMILES string of the molecule is CN=C(NCC(=O)N(C)CC(F)(F)F)N1CCN(c2cccc(C)c2)CC1.I. The Balaban J connectivity index is 0.00000392. The summed E-state index contributed by atoms with van der Waals surface area (Å²) in [5.41, 5.74) is 2.37. The van der Waals surface area contributed by atoms with Crippen LogP contribution in [-0.2, 0) is 4.79 Å². The summed E-state index contributed by atoms with van der Waals surface area (Å²) in [6.45, 7) is 3.58. The normalized spacial score (nSPS) is 15.1. The number of amides is 1. The number of nitrogens with zero attached hydrogens (tertiary/aromatic N) is 4. The first-order valence-corrected chi connectivity index (χ1v) is 8.77. The average molecular weight is 513 g/mol. The van der Waals surface area contributed by atoms with Crippen molar-refractivity contribution < 1.29 is 18.0 Å². The molecule has 1 aromatic rings. The van der Waals surface area contributed by atoms with E-state index in [1.54, 1.807) is 7.05 Å². The molecule has 1 aliphatic rings. The number of likely N-dealkylation sites (N-methyl/N-ethyl adjacent to an activating group) is 1. The van der Waals surface area contributed by atoms with Gasteiger partial charge in [-0.2, -0.15) is 13.2 Å². The molecule has 1 aliphatic heterocycles. The van der Waals surface area contributed by atoms with Crippen LogP contribution in [0.4, 0.5) is 18.9 Å². The summed E-state index contributed by atoms with van der Waals surface area (Å²) in [5, 5.41) is 2.87.